The highest BCUT2D eigenvalue weighted by Gasteiger charge is 2.18. The molecule has 0 spiro atoms. The van der Waals surface area contributed by atoms with Gasteiger partial charge in [0.2, 0.25) is 11.1 Å². The maximum atomic E-state index is 12.3. The number of rotatable bonds is 5. The number of amides is 1. The third-order valence-electron chi connectivity index (χ3n) is 3.18. The molecule has 0 bridgehead atoms. The molecule has 6 nitrogen and oxygen atoms in total. The van der Waals surface area contributed by atoms with E-state index in [1.54, 1.807) is 42.5 Å². The van der Waals surface area contributed by atoms with Crippen LogP contribution in [0.2, 0.25) is 0 Å². The minimum absolute atomic E-state index is 0.204. The Kier molecular flexibility index (Phi) is 4.93. The van der Waals surface area contributed by atoms with E-state index in [1.807, 2.05) is 17.5 Å². The Morgan fingerprint density at radius 1 is 1.38 bits per heavy atom. The number of thioether (sulfide) groups is 1. The number of anilines is 1. The van der Waals surface area contributed by atoms with E-state index in [0.717, 1.165) is 4.88 Å². The first-order valence-corrected chi connectivity index (χ1v) is 8.86. The molecule has 0 saturated heterocycles. The van der Waals surface area contributed by atoms with Crippen LogP contribution in [0.3, 0.4) is 0 Å². The number of nitrogens with zero attached hydrogens (tertiary/aromatic N) is 3. The number of hydrogen-bond acceptors (Lipinski definition) is 6. The first kappa shape index (κ1) is 16.2. The van der Waals surface area contributed by atoms with Gasteiger partial charge in [-0.05, 0) is 30.5 Å². The van der Waals surface area contributed by atoms with Crippen LogP contribution in [0.5, 0.6) is 0 Å². The van der Waals surface area contributed by atoms with E-state index in [-0.39, 0.29) is 5.91 Å². The zero-order valence-electron chi connectivity index (χ0n) is 12.7. The number of thiophene rings is 1. The van der Waals surface area contributed by atoms with Gasteiger partial charge in [0.1, 0.15) is 6.07 Å². The van der Waals surface area contributed by atoms with Crippen molar-refractivity contribution in [1.29, 1.82) is 5.26 Å². The Morgan fingerprint density at radius 2 is 2.21 bits per heavy atom. The molecular weight excluding hydrogens is 342 g/mol. The number of carbonyl (C=O) groups excluding carboxylic acids is 1. The van der Waals surface area contributed by atoms with Gasteiger partial charge in [0, 0.05) is 0 Å². The molecular formula is C16H13N5OS2. The summed E-state index contributed by atoms with van der Waals surface area (Å²) in [6.07, 6.45) is 0. The fourth-order valence-electron chi connectivity index (χ4n) is 1.96. The summed E-state index contributed by atoms with van der Waals surface area (Å²) < 4.78 is 0. The number of nitriles is 1. The Bertz CT molecular complexity index is 882. The number of carbonyl (C=O) groups is 1. The summed E-state index contributed by atoms with van der Waals surface area (Å²) in [4.78, 5) is 17.7. The summed E-state index contributed by atoms with van der Waals surface area (Å²) >= 11 is 2.83. The minimum Gasteiger partial charge on any atom is -0.324 e. The lowest BCUT2D eigenvalue weighted by Crippen LogP contribution is -2.23. The molecule has 120 valence electrons. The molecule has 2 aromatic heterocycles. The molecule has 1 aromatic carbocycles. The fraction of sp³-hybridized carbons (Fsp3) is 0.125. The van der Waals surface area contributed by atoms with Gasteiger partial charge in [-0.2, -0.15) is 5.26 Å². The Morgan fingerprint density at radius 3 is 2.96 bits per heavy atom. The first-order chi connectivity index (χ1) is 11.7. The number of hydrogen-bond donors (Lipinski definition) is 2. The average molecular weight is 355 g/mol. The third-order valence-corrected chi connectivity index (χ3v) is 5.01. The molecule has 0 saturated carbocycles. The molecule has 0 aliphatic heterocycles. The SMILES string of the molecule is C[C@H](Sc1n[nH]c(-c2cccs2)n1)C(=O)Nc1ccccc1C#N. The van der Waals surface area contributed by atoms with E-state index < -0.39 is 5.25 Å². The van der Waals surface area contributed by atoms with E-state index in [4.69, 9.17) is 5.26 Å². The minimum atomic E-state index is -0.399. The number of aromatic nitrogens is 3. The molecule has 0 aliphatic carbocycles. The highest BCUT2D eigenvalue weighted by atomic mass is 32.2. The summed E-state index contributed by atoms with van der Waals surface area (Å²) in [7, 11) is 0. The van der Waals surface area contributed by atoms with Crippen molar-refractivity contribution < 1.29 is 4.79 Å². The van der Waals surface area contributed by atoms with Crippen LogP contribution >= 0.6 is 23.1 Å². The van der Waals surface area contributed by atoms with Gasteiger partial charge in [-0.1, -0.05) is 30.0 Å². The lowest BCUT2D eigenvalue weighted by atomic mass is 10.2. The van der Waals surface area contributed by atoms with Gasteiger partial charge >= 0.3 is 0 Å². The highest BCUT2D eigenvalue weighted by Crippen LogP contribution is 2.26. The predicted molar refractivity (Wildman–Crippen MR) is 94.8 cm³/mol. The third kappa shape index (κ3) is 3.64. The van der Waals surface area contributed by atoms with Crippen molar-refractivity contribution >= 4 is 34.7 Å². The second-order valence-electron chi connectivity index (χ2n) is 4.85. The van der Waals surface area contributed by atoms with Crippen LogP contribution < -0.4 is 5.32 Å². The molecule has 24 heavy (non-hydrogen) atoms. The van der Waals surface area contributed by atoms with Crippen molar-refractivity contribution in [2.75, 3.05) is 5.32 Å². The second kappa shape index (κ2) is 7.29. The molecule has 1 atom stereocenters. The van der Waals surface area contributed by atoms with E-state index in [2.05, 4.69) is 26.6 Å². The lowest BCUT2D eigenvalue weighted by Gasteiger charge is -2.11. The van der Waals surface area contributed by atoms with Gasteiger partial charge in [-0.3, -0.25) is 9.89 Å². The van der Waals surface area contributed by atoms with Crippen molar-refractivity contribution in [3.63, 3.8) is 0 Å². The zero-order valence-corrected chi connectivity index (χ0v) is 14.3. The van der Waals surface area contributed by atoms with Gasteiger partial charge in [0.05, 0.1) is 21.4 Å². The molecule has 2 heterocycles. The molecule has 0 aliphatic rings. The van der Waals surface area contributed by atoms with E-state index in [9.17, 15) is 4.79 Å². The van der Waals surface area contributed by atoms with Crippen molar-refractivity contribution in [1.82, 2.24) is 15.2 Å². The maximum Gasteiger partial charge on any atom is 0.237 e. The first-order valence-electron chi connectivity index (χ1n) is 7.10. The van der Waals surface area contributed by atoms with Crippen LogP contribution in [-0.2, 0) is 4.79 Å². The topological polar surface area (TPSA) is 94.5 Å². The lowest BCUT2D eigenvalue weighted by molar-refractivity contribution is -0.115. The van der Waals surface area contributed by atoms with Gasteiger partial charge in [0.25, 0.3) is 0 Å². The van der Waals surface area contributed by atoms with Crippen LogP contribution in [0.15, 0.2) is 46.9 Å². The number of aromatic amines is 1. The van der Waals surface area contributed by atoms with Gasteiger partial charge in [-0.25, -0.2) is 4.98 Å². The molecule has 3 rings (SSSR count). The van der Waals surface area contributed by atoms with Crippen LogP contribution in [0.1, 0.15) is 12.5 Å². The van der Waals surface area contributed by atoms with Crippen LogP contribution in [0.4, 0.5) is 5.69 Å². The quantitative estimate of drug-likeness (QED) is 0.683. The molecule has 3 aromatic rings. The maximum absolute atomic E-state index is 12.3. The Hall–Kier alpha value is -2.63. The van der Waals surface area contributed by atoms with E-state index >= 15 is 0 Å². The molecule has 0 radical (unpaired) electrons. The number of H-pyrrole nitrogens is 1. The van der Waals surface area contributed by atoms with Crippen molar-refractivity contribution in [3.8, 4) is 16.8 Å². The smallest absolute Gasteiger partial charge is 0.237 e. The molecule has 0 unspecified atom stereocenters. The summed E-state index contributed by atoms with van der Waals surface area (Å²) in [5.74, 6) is 0.486. The Labute approximate surface area is 146 Å². The van der Waals surface area contributed by atoms with Gasteiger partial charge < -0.3 is 5.32 Å². The normalized spacial score (nSPS) is 11.7. The summed E-state index contributed by atoms with van der Waals surface area (Å²) in [6, 6.07) is 12.9. The second-order valence-corrected chi connectivity index (χ2v) is 7.11. The van der Waals surface area contributed by atoms with Crippen LogP contribution in [0.25, 0.3) is 10.7 Å². The van der Waals surface area contributed by atoms with E-state index in [0.29, 0.717) is 22.2 Å². The van der Waals surface area contributed by atoms with Crippen molar-refractivity contribution in [2.45, 2.75) is 17.3 Å². The van der Waals surface area contributed by atoms with Crippen LogP contribution in [-0.4, -0.2) is 26.3 Å². The zero-order chi connectivity index (χ0) is 16.9. The standard InChI is InChI=1S/C16H13N5OS2/c1-10(15(22)18-12-6-3-2-5-11(12)9-17)24-16-19-14(20-21-16)13-7-4-8-23-13/h2-8,10H,1H3,(H,18,22)(H,19,20,21)/t10-/m0/s1. The predicted octanol–water partition coefficient (Wildman–Crippen LogP) is 3.52. The van der Waals surface area contributed by atoms with Gasteiger partial charge in [-0.15, -0.1) is 16.4 Å². The highest BCUT2D eigenvalue weighted by molar-refractivity contribution is 8.00. The number of nitrogens with one attached hydrogen (secondary N) is 2. The average Bonchev–Trinajstić information content (AvgIpc) is 3.26. The van der Waals surface area contributed by atoms with E-state index in [1.165, 1.54) is 11.8 Å². The van der Waals surface area contributed by atoms with Crippen molar-refractivity contribution in [2.24, 2.45) is 0 Å². The fourth-order valence-corrected chi connectivity index (χ4v) is 3.35. The number of para-hydroxylation sites is 1. The molecule has 2 N–H and O–H groups in total. The Balaban J connectivity index is 1.65. The van der Waals surface area contributed by atoms with Crippen molar-refractivity contribution in [3.05, 3.63) is 47.3 Å². The largest absolute Gasteiger partial charge is 0.324 e. The van der Waals surface area contributed by atoms with Gasteiger partial charge in [0.15, 0.2) is 5.82 Å². The molecule has 0 fully saturated rings. The summed E-state index contributed by atoms with van der Waals surface area (Å²) in [6.45, 7) is 1.77. The molecule has 1 amide bonds. The monoisotopic (exact) mass is 355 g/mol. The van der Waals surface area contributed by atoms with Crippen LogP contribution in [0, 0.1) is 11.3 Å². The summed E-state index contributed by atoms with van der Waals surface area (Å²) in [5, 5.41) is 20.9. The molecule has 8 heteroatoms. The number of benzene rings is 1. The summed E-state index contributed by atoms with van der Waals surface area (Å²) in [5.41, 5.74) is 0.938.